The second-order valence-electron chi connectivity index (χ2n) is 24.6. The van der Waals surface area contributed by atoms with E-state index in [9.17, 15) is 19.8 Å². The van der Waals surface area contributed by atoms with Crippen molar-refractivity contribution in [2.24, 2.45) is 0 Å². The van der Waals surface area contributed by atoms with Crippen molar-refractivity contribution < 1.29 is 24.5 Å². The molecule has 6 nitrogen and oxygen atoms in total. The van der Waals surface area contributed by atoms with E-state index < -0.39 is 12.1 Å². The van der Waals surface area contributed by atoms with Crippen LogP contribution in [0.1, 0.15) is 393 Å². The molecule has 6 heteroatoms. The van der Waals surface area contributed by atoms with E-state index in [1.165, 1.54) is 321 Å². The van der Waals surface area contributed by atoms with Crippen LogP contribution in [0.25, 0.3) is 0 Å². The lowest BCUT2D eigenvalue weighted by Crippen LogP contribution is -2.45. The summed E-state index contributed by atoms with van der Waals surface area (Å²) < 4.78 is 5.48. The third-order valence-electron chi connectivity index (χ3n) is 16.6. The summed E-state index contributed by atoms with van der Waals surface area (Å²) in [5.41, 5.74) is 0. The van der Waals surface area contributed by atoms with E-state index in [1.807, 2.05) is 6.08 Å². The monoisotopic (exact) mass is 1110 g/mol. The van der Waals surface area contributed by atoms with Gasteiger partial charge in [-0.2, -0.15) is 0 Å². The van der Waals surface area contributed by atoms with E-state index in [4.69, 9.17) is 4.74 Å². The summed E-state index contributed by atoms with van der Waals surface area (Å²) in [7, 11) is 0. The summed E-state index contributed by atoms with van der Waals surface area (Å²) in [6.45, 7) is 4.92. The first-order chi connectivity index (χ1) is 39.0. The molecule has 2 atom stereocenters. The molecule has 0 bridgehead atoms. The van der Waals surface area contributed by atoms with Crippen LogP contribution in [-0.2, 0) is 14.3 Å². The van der Waals surface area contributed by atoms with Gasteiger partial charge >= 0.3 is 5.97 Å². The van der Waals surface area contributed by atoms with Crippen molar-refractivity contribution in [3.63, 3.8) is 0 Å². The lowest BCUT2D eigenvalue weighted by Gasteiger charge is -2.20. The molecule has 0 aliphatic rings. The third kappa shape index (κ3) is 65.1. The highest BCUT2D eigenvalue weighted by atomic mass is 16.5. The van der Waals surface area contributed by atoms with Crippen molar-refractivity contribution in [3.8, 4) is 0 Å². The van der Waals surface area contributed by atoms with E-state index >= 15 is 0 Å². The molecule has 0 aliphatic heterocycles. The Kier molecular flexibility index (Phi) is 66.9. The Labute approximate surface area is 494 Å². The van der Waals surface area contributed by atoms with E-state index in [0.29, 0.717) is 19.4 Å². The summed E-state index contributed by atoms with van der Waals surface area (Å²) in [6, 6.07) is -0.629. The number of nitrogens with one attached hydrogen (secondary N) is 1. The van der Waals surface area contributed by atoms with Crippen LogP contribution >= 0.6 is 0 Å². The van der Waals surface area contributed by atoms with Gasteiger partial charge in [-0.1, -0.05) is 333 Å². The molecule has 0 aromatic rings. The quantitative estimate of drug-likeness (QED) is 0.0320. The van der Waals surface area contributed by atoms with Gasteiger partial charge in [-0.3, -0.25) is 9.59 Å². The van der Waals surface area contributed by atoms with Crippen LogP contribution in [0, 0.1) is 0 Å². The van der Waals surface area contributed by atoms with Gasteiger partial charge in [0.25, 0.3) is 0 Å². The molecule has 0 rings (SSSR count). The minimum absolute atomic E-state index is 0.00659. The molecule has 0 saturated heterocycles. The normalized spacial score (nSPS) is 12.7. The molecule has 0 saturated carbocycles. The van der Waals surface area contributed by atoms with Gasteiger partial charge in [0.1, 0.15) is 0 Å². The zero-order chi connectivity index (χ0) is 57.1. The number of aliphatic hydroxyl groups excluding tert-OH is 2. The van der Waals surface area contributed by atoms with E-state index in [-0.39, 0.29) is 18.5 Å². The summed E-state index contributed by atoms with van der Waals surface area (Å²) in [4.78, 5) is 24.6. The van der Waals surface area contributed by atoms with Gasteiger partial charge in [-0.15, -0.1) is 0 Å². The van der Waals surface area contributed by atoms with Gasteiger partial charge in [0, 0.05) is 12.8 Å². The van der Waals surface area contributed by atoms with Gasteiger partial charge in [0.2, 0.25) is 5.91 Å². The Balaban J connectivity index is 3.41. The van der Waals surface area contributed by atoms with E-state index in [2.05, 4.69) is 43.5 Å². The van der Waals surface area contributed by atoms with Crippen molar-refractivity contribution in [2.75, 3.05) is 13.2 Å². The number of ether oxygens (including phenoxy) is 1. The molecular weight excluding hydrogens is 971 g/mol. The number of carbonyl (C=O) groups is 2. The standard InChI is InChI=1S/C73H139NO5/c1-3-5-7-9-11-13-15-17-18-19-20-29-32-35-38-42-45-49-53-57-61-65-71(76)70(69-75)74-72(77)66-62-58-54-50-46-43-39-36-33-30-27-25-23-21-22-24-26-28-31-34-37-40-44-48-52-56-60-64-68-79-73(78)67-63-59-55-51-47-41-16-14-12-10-8-6-4-2/h14,16,21-22,61,65,70-71,75-76H,3-13,15,17-20,23-60,62-64,66-69H2,1-2H3,(H,74,77)/b16-14-,22-21-,65-61+. The molecule has 0 aromatic carbocycles. The third-order valence-corrected chi connectivity index (χ3v) is 16.6. The first-order valence-corrected chi connectivity index (χ1v) is 35.8. The van der Waals surface area contributed by atoms with E-state index in [1.54, 1.807) is 6.08 Å². The summed E-state index contributed by atoms with van der Waals surface area (Å²) in [5, 5.41) is 23.3. The van der Waals surface area contributed by atoms with Crippen LogP contribution in [0.5, 0.6) is 0 Å². The van der Waals surface area contributed by atoms with Crippen molar-refractivity contribution in [2.45, 2.75) is 405 Å². The molecule has 0 aliphatic carbocycles. The number of rotatable bonds is 67. The smallest absolute Gasteiger partial charge is 0.305 e. The maximum atomic E-state index is 12.5. The van der Waals surface area contributed by atoms with Crippen LogP contribution in [0.4, 0.5) is 0 Å². The number of allylic oxidation sites excluding steroid dienone is 5. The Bertz CT molecular complexity index is 1280. The molecule has 79 heavy (non-hydrogen) atoms. The van der Waals surface area contributed by atoms with Crippen LogP contribution in [0.15, 0.2) is 36.5 Å². The molecule has 3 N–H and O–H groups in total. The van der Waals surface area contributed by atoms with Gasteiger partial charge in [0.05, 0.1) is 25.4 Å². The number of amides is 1. The minimum atomic E-state index is -0.846. The fourth-order valence-corrected chi connectivity index (χ4v) is 11.2. The number of carbonyl (C=O) groups excluding carboxylic acids is 2. The predicted molar refractivity (Wildman–Crippen MR) is 347 cm³/mol. The highest BCUT2D eigenvalue weighted by molar-refractivity contribution is 5.76. The Hall–Kier alpha value is -1.92. The number of esters is 1. The number of aliphatic hydroxyl groups is 2. The van der Waals surface area contributed by atoms with Gasteiger partial charge in [-0.25, -0.2) is 0 Å². The van der Waals surface area contributed by atoms with Crippen LogP contribution < -0.4 is 5.32 Å². The molecule has 0 heterocycles. The number of hydrogen-bond donors (Lipinski definition) is 3. The van der Waals surface area contributed by atoms with Gasteiger partial charge in [-0.05, 0) is 83.5 Å². The fourth-order valence-electron chi connectivity index (χ4n) is 11.2. The Morgan fingerprint density at radius 3 is 0.911 bits per heavy atom. The molecular formula is C73H139NO5. The molecule has 466 valence electrons. The maximum absolute atomic E-state index is 12.5. The minimum Gasteiger partial charge on any atom is -0.466 e. The largest absolute Gasteiger partial charge is 0.466 e. The molecule has 0 fully saturated rings. The van der Waals surface area contributed by atoms with Crippen molar-refractivity contribution in [3.05, 3.63) is 36.5 Å². The van der Waals surface area contributed by atoms with Crippen LogP contribution in [0.2, 0.25) is 0 Å². The average Bonchev–Trinajstić information content (AvgIpc) is 3.45. The van der Waals surface area contributed by atoms with Crippen molar-refractivity contribution >= 4 is 11.9 Å². The van der Waals surface area contributed by atoms with Crippen molar-refractivity contribution in [1.82, 2.24) is 5.32 Å². The predicted octanol–water partition coefficient (Wildman–Crippen LogP) is 23.1. The molecule has 2 unspecified atom stereocenters. The van der Waals surface area contributed by atoms with Gasteiger partial charge in [0.15, 0.2) is 0 Å². The average molecular weight is 1110 g/mol. The Morgan fingerprint density at radius 1 is 0.342 bits per heavy atom. The second-order valence-corrected chi connectivity index (χ2v) is 24.6. The second kappa shape index (κ2) is 68.6. The molecule has 0 spiro atoms. The van der Waals surface area contributed by atoms with Crippen LogP contribution in [-0.4, -0.2) is 47.4 Å². The topological polar surface area (TPSA) is 95.9 Å². The summed E-state index contributed by atoms with van der Waals surface area (Å²) >= 11 is 0. The molecule has 0 radical (unpaired) electrons. The molecule has 0 aromatic heterocycles. The summed E-state index contributed by atoms with van der Waals surface area (Å²) in [6.07, 6.45) is 88.0. The maximum Gasteiger partial charge on any atom is 0.305 e. The zero-order valence-electron chi connectivity index (χ0n) is 53.4. The molecule has 1 amide bonds. The first kappa shape index (κ1) is 77.1. The van der Waals surface area contributed by atoms with Gasteiger partial charge < -0.3 is 20.3 Å². The summed E-state index contributed by atoms with van der Waals surface area (Å²) in [5.74, 6) is -0.0577. The number of unbranched alkanes of at least 4 members (excludes halogenated alkanes) is 52. The van der Waals surface area contributed by atoms with Crippen LogP contribution in [0.3, 0.4) is 0 Å². The SMILES string of the molecule is CCCCCC/C=C\CCCCCCCC(=O)OCCCCCCCCCCCCCC/C=C\CCCCCCCCCCCCCCC(=O)NC(CO)C(O)/C=C/CCCCCCCCCCCCCCCCCCCCC. The highest BCUT2D eigenvalue weighted by Gasteiger charge is 2.18. The van der Waals surface area contributed by atoms with E-state index in [0.717, 1.165) is 44.9 Å². The highest BCUT2D eigenvalue weighted by Crippen LogP contribution is 2.18. The fraction of sp³-hybridized carbons (Fsp3) is 0.890. The first-order valence-electron chi connectivity index (χ1n) is 35.8. The Morgan fingerprint density at radius 2 is 0.595 bits per heavy atom. The number of hydrogen-bond acceptors (Lipinski definition) is 5. The lowest BCUT2D eigenvalue weighted by atomic mass is 10.0. The lowest BCUT2D eigenvalue weighted by molar-refractivity contribution is -0.143. The zero-order valence-corrected chi connectivity index (χ0v) is 53.4. The van der Waals surface area contributed by atoms with Crippen molar-refractivity contribution in [1.29, 1.82) is 0 Å².